The number of Topliss-reactive ketones (excluding diaryl/α,β-unsaturated/α-hetero) is 1. The second-order valence-corrected chi connectivity index (χ2v) is 11.1. The van der Waals surface area contributed by atoms with Crippen LogP contribution >= 0.6 is 0 Å². The largest absolute Gasteiger partial charge is 0.324 e. The highest BCUT2D eigenvalue weighted by Gasteiger charge is 2.16. The Morgan fingerprint density at radius 1 is 0.850 bits per heavy atom. The number of pyridine rings is 1. The van der Waals surface area contributed by atoms with Crippen LogP contribution in [0.1, 0.15) is 44.1 Å². The zero-order chi connectivity index (χ0) is 28.1. The number of benzene rings is 3. The number of nitrogens with zero attached hydrogens (tertiary/aromatic N) is 2. The van der Waals surface area contributed by atoms with E-state index in [4.69, 9.17) is 0 Å². The van der Waals surface area contributed by atoms with Crippen molar-refractivity contribution in [3.8, 4) is 11.8 Å². The quantitative estimate of drug-likeness (QED) is 0.222. The molecule has 8 nitrogen and oxygen atoms in total. The van der Waals surface area contributed by atoms with Crippen molar-refractivity contribution < 1.29 is 18.0 Å². The number of imidazole rings is 1. The van der Waals surface area contributed by atoms with Crippen molar-refractivity contribution in [1.29, 1.82) is 0 Å². The second kappa shape index (κ2) is 11.4. The molecule has 2 N–H and O–H groups in total. The van der Waals surface area contributed by atoms with E-state index < -0.39 is 15.7 Å². The summed E-state index contributed by atoms with van der Waals surface area (Å²) in [7, 11) is -3.28. The molecule has 9 heteroatoms. The smallest absolute Gasteiger partial charge is 0.276 e. The number of H-pyrrole nitrogens is 1. The summed E-state index contributed by atoms with van der Waals surface area (Å²) in [6.07, 6.45) is 1.82. The Morgan fingerprint density at radius 2 is 1.60 bits per heavy atom. The molecule has 0 atom stereocenters. The number of para-hydroxylation sites is 1. The van der Waals surface area contributed by atoms with Gasteiger partial charge in [-0.3, -0.25) is 14.9 Å². The van der Waals surface area contributed by atoms with Gasteiger partial charge >= 0.3 is 0 Å². The standard InChI is InChI=1S/C31H24N4O4S/c1-40(38,39)24-18-14-22(15-19-24)16-20-28(36)25-10-6-11-26-29(25)34-31(33-26)35-30(37)27-12-5-9-23(32-27)17-13-21-7-3-2-4-8-21/h2-12,14-15,18-19H,16,20H2,1H3,(H2,33,34,35,37). The van der Waals surface area contributed by atoms with Crippen molar-refractivity contribution in [2.24, 2.45) is 0 Å². The molecule has 0 fully saturated rings. The van der Waals surface area contributed by atoms with E-state index >= 15 is 0 Å². The van der Waals surface area contributed by atoms with E-state index in [0.29, 0.717) is 28.7 Å². The van der Waals surface area contributed by atoms with Crippen LogP contribution in [0, 0.1) is 11.8 Å². The summed E-state index contributed by atoms with van der Waals surface area (Å²) in [6.45, 7) is 0. The average molecular weight is 549 g/mol. The highest BCUT2D eigenvalue weighted by Crippen LogP contribution is 2.21. The molecule has 0 aliphatic heterocycles. The molecule has 0 aliphatic carbocycles. The van der Waals surface area contributed by atoms with Crippen LogP contribution in [0.2, 0.25) is 0 Å². The van der Waals surface area contributed by atoms with Gasteiger partial charge in [-0.1, -0.05) is 48.4 Å². The number of amides is 1. The van der Waals surface area contributed by atoms with E-state index in [9.17, 15) is 18.0 Å². The lowest BCUT2D eigenvalue weighted by Crippen LogP contribution is -2.15. The van der Waals surface area contributed by atoms with Gasteiger partial charge in [0, 0.05) is 23.8 Å². The molecule has 0 aliphatic rings. The van der Waals surface area contributed by atoms with Crippen LogP contribution < -0.4 is 5.32 Å². The van der Waals surface area contributed by atoms with Crippen molar-refractivity contribution in [1.82, 2.24) is 15.0 Å². The minimum atomic E-state index is -3.28. The number of aromatic amines is 1. The fourth-order valence-corrected chi connectivity index (χ4v) is 4.70. The number of hydrogen-bond acceptors (Lipinski definition) is 6. The minimum absolute atomic E-state index is 0.117. The number of aromatic nitrogens is 3. The van der Waals surface area contributed by atoms with Crippen LogP contribution in [0.15, 0.2) is 95.9 Å². The van der Waals surface area contributed by atoms with E-state index in [-0.39, 0.29) is 28.7 Å². The first-order valence-electron chi connectivity index (χ1n) is 12.4. The number of nitrogens with one attached hydrogen (secondary N) is 2. The number of fused-ring (bicyclic) bond motifs is 1. The third-order valence-electron chi connectivity index (χ3n) is 6.13. The molecular formula is C31H24N4O4S. The van der Waals surface area contributed by atoms with Crippen LogP contribution in [0.3, 0.4) is 0 Å². The average Bonchev–Trinajstić information content (AvgIpc) is 3.38. The van der Waals surface area contributed by atoms with Gasteiger partial charge in [-0.05, 0) is 66.4 Å². The van der Waals surface area contributed by atoms with Crippen LogP contribution in [-0.2, 0) is 16.3 Å². The maximum absolute atomic E-state index is 13.1. The third kappa shape index (κ3) is 6.31. The minimum Gasteiger partial charge on any atom is -0.324 e. The summed E-state index contributed by atoms with van der Waals surface area (Å²) in [6, 6.07) is 26.2. The lowest BCUT2D eigenvalue weighted by molar-refractivity contribution is 0.0982. The molecular weight excluding hydrogens is 524 g/mol. The van der Waals surface area contributed by atoms with E-state index in [1.807, 2.05) is 30.3 Å². The maximum Gasteiger partial charge on any atom is 0.276 e. The maximum atomic E-state index is 13.1. The van der Waals surface area contributed by atoms with E-state index in [2.05, 4.69) is 32.1 Å². The molecule has 5 rings (SSSR count). The zero-order valence-corrected chi connectivity index (χ0v) is 22.3. The number of aryl methyl sites for hydroxylation is 1. The van der Waals surface area contributed by atoms with Gasteiger partial charge in [0.05, 0.1) is 10.4 Å². The molecule has 1 amide bonds. The molecule has 0 bridgehead atoms. The monoisotopic (exact) mass is 548 g/mol. The van der Waals surface area contributed by atoms with Gasteiger partial charge in [0.1, 0.15) is 16.9 Å². The van der Waals surface area contributed by atoms with Gasteiger partial charge in [0.2, 0.25) is 5.95 Å². The van der Waals surface area contributed by atoms with Gasteiger partial charge in [0.25, 0.3) is 5.91 Å². The molecule has 0 unspecified atom stereocenters. The number of rotatable bonds is 7. The van der Waals surface area contributed by atoms with E-state index in [0.717, 1.165) is 17.4 Å². The lowest BCUT2D eigenvalue weighted by Gasteiger charge is -2.04. The SMILES string of the molecule is CS(=O)(=O)c1ccc(CCC(=O)c2cccc3[nH]c(NC(=O)c4cccc(C#Cc5ccccc5)n4)nc23)cc1. The molecule has 0 saturated carbocycles. The fraction of sp³-hybridized carbons (Fsp3) is 0.0968. The van der Waals surface area contributed by atoms with Gasteiger partial charge in [-0.2, -0.15) is 0 Å². The Balaban J connectivity index is 1.28. The fourth-order valence-electron chi connectivity index (χ4n) is 4.07. The Labute approximate surface area is 231 Å². The third-order valence-corrected chi connectivity index (χ3v) is 7.26. The van der Waals surface area contributed by atoms with Crippen LogP contribution in [0.4, 0.5) is 5.95 Å². The lowest BCUT2D eigenvalue weighted by atomic mass is 10.0. The number of anilines is 1. The van der Waals surface area contributed by atoms with Gasteiger partial charge < -0.3 is 4.98 Å². The molecule has 5 aromatic rings. The molecule has 198 valence electrons. The second-order valence-electron chi connectivity index (χ2n) is 9.10. The van der Waals surface area contributed by atoms with E-state index in [1.165, 1.54) is 0 Å². The van der Waals surface area contributed by atoms with Crippen molar-refractivity contribution in [2.75, 3.05) is 11.6 Å². The Bertz CT molecular complexity index is 1880. The number of hydrogen-bond donors (Lipinski definition) is 2. The predicted octanol–water partition coefficient (Wildman–Crippen LogP) is 4.83. The Hall–Kier alpha value is -5.07. The van der Waals surface area contributed by atoms with Crippen LogP contribution in [-0.4, -0.2) is 41.3 Å². The zero-order valence-electron chi connectivity index (χ0n) is 21.5. The Kier molecular flexibility index (Phi) is 7.53. The summed E-state index contributed by atoms with van der Waals surface area (Å²) in [5.41, 5.74) is 3.82. The van der Waals surface area contributed by atoms with Crippen molar-refractivity contribution in [3.63, 3.8) is 0 Å². The predicted molar refractivity (Wildman–Crippen MR) is 153 cm³/mol. The Morgan fingerprint density at radius 3 is 2.35 bits per heavy atom. The molecule has 0 spiro atoms. The molecule has 0 saturated heterocycles. The van der Waals surface area contributed by atoms with Crippen LogP contribution in [0.5, 0.6) is 0 Å². The van der Waals surface area contributed by atoms with Gasteiger partial charge in [-0.15, -0.1) is 0 Å². The molecule has 0 radical (unpaired) electrons. The topological polar surface area (TPSA) is 122 Å². The van der Waals surface area contributed by atoms with Crippen molar-refractivity contribution in [2.45, 2.75) is 17.7 Å². The highest BCUT2D eigenvalue weighted by molar-refractivity contribution is 7.90. The summed E-state index contributed by atoms with van der Waals surface area (Å²) < 4.78 is 23.3. The first-order valence-corrected chi connectivity index (χ1v) is 14.3. The number of sulfone groups is 1. The number of carbonyl (C=O) groups excluding carboxylic acids is 2. The summed E-state index contributed by atoms with van der Waals surface area (Å²) >= 11 is 0. The first-order chi connectivity index (χ1) is 19.3. The molecule has 2 aromatic heterocycles. The van der Waals surface area contributed by atoms with E-state index in [1.54, 1.807) is 60.7 Å². The highest BCUT2D eigenvalue weighted by atomic mass is 32.2. The van der Waals surface area contributed by atoms with Gasteiger partial charge in [0.15, 0.2) is 15.6 Å². The molecule has 2 heterocycles. The summed E-state index contributed by atoms with van der Waals surface area (Å²) in [4.78, 5) is 38.0. The van der Waals surface area contributed by atoms with Gasteiger partial charge in [-0.25, -0.2) is 18.4 Å². The number of carbonyl (C=O) groups is 2. The van der Waals surface area contributed by atoms with Crippen molar-refractivity contribution in [3.05, 3.63) is 119 Å². The summed E-state index contributed by atoms with van der Waals surface area (Å²) in [5.74, 6) is 5.60. The van der Waals surface area contributed by atoms with Crippen LogP contribution in [0.25, 0.3) is 11.0 Å². The molecule has 40 heavy (non-hydrogen) atoms. The molecule has 3 aromatic carbocycles. The van der Waals surface area contributed by atoms with Crippen molar-refractivity contribution >= 4 is 38.5 Å². The summed E-state index contributed by atoms with van der Waals surface area (Å²) in [5, 5.41) is 2.71. The number of ketones is 1. The first kappa shape index (κ1) is 26.5. The normalized spacial score (nSPS) is 11.0.